The van der Waals surface area contributed by atoms with E-state index < -0.39 is 8.07 Å². The van der Waals surface area contributed by atoms with E-state index in [0.29, 0.717) is 11.3 Å². The maximum absolute atomic E-state index is 12.4. The van der Waals surface area contributed by atoms with Gasteiger partial charge in [0.25, 0.3) is 0 Å². The lowest BCUT2D eigenvalue weighted by Gasteiger charge is -2.21. The van der Waals surface area contributed by atoms with Gasteiger partial charge in [-0.3, -0.25) is 0 Å². The van der Waals surface area contributed by atoms with E-state index in [4.69, 9.17) is 0 Å². The molecule has 1 nitrogen and oxygen atoms in total. The number of carbonyl (C=O) groups excluding carboxylic acids is 1. The van der Waals surface area contributed by atoms with Gasteiger partial charge < -0.3 is 4.79 Å². The standard InChI is InChI=1S/C19H32OSi/c1-5-6-7-9-14-18(16-19(20)21(2,3)4)15-17-12-10-8-11-13-17/h8,10-13,18H,5-7,9,14-16H2,1-4H3. The molecule has 0 bridgehead atoms. The second-order valence-electron chi connectivity index (χ2n) is 7.28. The number of hydrogen-bond donors (Lipinski definition) is 0. The minimum Gasteiger partial charge on any atom is -0.305 e. The molecular formula is C19H32OSi. The summed E-state index contributed by atoms with van der Waals surface area (Å²) in [6.07, 6.45) is 8.22. The summed E-state index contributed by atoms with van der Waals surface area (Å²) in [5.74, 6) is 0.531. The molecule has 21 heavy (non-hydrogen) atoms. The van der Waals surface area contributed by atoms with E-state index in [1.54, 1.807) is 0 Å². The minimum atomic E-state index is -1.63. The van der Waals surface area contributed by atoms with Gasteiger partial charge in [-0.25, -0.2) is 0 Å². The van der Waals surface area contributed by atoms with Gasteiger partial charge in [-0.15, -0.1) is 0 Å². The third kappa shape index (κ3) is 7.61. The Kier molecular flexibility index (Phi) is 7.95. The topological polar surface area (TPSA) is 17.1 Å². The summed E-state index contributed by atoms with van der Waals surface area (Å²) < 4.78 is 0. The first kappa shape index (κ1) is 18.2. The zero-order valence-corrected chi connectivity index (χ0v) is 15.3. The summed E-state index contributed by atoms with van der Waals surface area (Å²) >= 11 is 0. The molecule has 1 aromatic carbocycles. The summed E-state index contributed by atoms with van der Waals surface area (Å²) in [5, 5.41) is 0.541. The van der Waals surface area contributed by atoms with Gasteiger partial charge in [-0.2, -0.15) is 0 Å². The molecule has 0 fully saturated rings. The van der Waals surface area contributed by atoms with E-state index in [9.17, 15) is 4.79 Å². The Hall–Kier alpha value is -0.893. The highest BCUT2D eigenvalue weighted by Crippen LogP contribution is 2.22. The molecule has 1 rings (SSSR count). The van der Waals surface area contributed by atoms with Crippen molar-refractivity contribution in [3.63, 3.8) is 0 Å². The normalized spacial score (nSPS) is 13.1. The highest BCUT2D eigenvalue weighted by Gasteiger charge is 2.26. The van der Waals surface area contributed by atoms with Crippen molar-refractivity contribution in [1.29, 1.82) is 0 Å². The van der Waals surface area contributed by atoms with E-state index in [2.05, 4.69) is 56.9 Å². The summed E-state index contributed by atoms with van der Waals surface area (Å²) in [6.45, 7) is 8.76. The Balaban J connectivity index is 2.59. The Bertz CT molecular complexity index is 405. The Morgan fingerprint density at radius 1 is 1.05 bits per heavy atom. The van der Waals surface area contributed by atoms with Crippen LogP contribution in [0.1, 0.15) is 51.0 Å². The second-order valence-corrected chi connectivity index (χ2v) is 12.3. The van der Waals surface area contributed by atoms with E-state index >= 15 is 0 Å². The zero-order valence-electron chi connectivity index (χ0n) is 14.3. The van der Waals surface area contributed by atoms with E-state index in [1.165, 1.54) is 37.7 Å². The lowest BCUT2D eigenvalue weighted by atomic mass is 9.91. The number of carbonyl (C=O) groups is 1. The molecule has 1 atom stereocenters. The third-order valence-electron chi connectivity index (χ3n) is 4.14. The van der Waals surface area contributed by atoms with Crippen LogP contribution in [0, 0.1) is 5.92 Å². The largest absolute Gasteiger partial charge is 0.305 e. The molecule has 1 aromatic rings. The number of rotatable bonds is 10. The van der Waals surface area contributed by atoms with Crippen LogP contribution in [0.2, 0.25) is 19.6 Å². The molecule has 118 valence electrons. The highest BCUT2D eigenvalue weighted by molar-refractivity contribution is 7.03. The highest BCUT2D eigenvalue weighted by atomic mass is 28.3. The fourth-order valence-corrected chi connectivity index (χ4v) is 3.55. The second kappa shape index (κ2) is 9.19. The van der Waals surface area contributed by atoms with Crippen LogP contribution in [0.4, 0.5) is 0 Å². The van der Waals surface area contributed by atoms with E-state index in [-0.39, 0.29) is 0 Å². The van der Waals surface area contributed by atoms with Gasteiger partial charge in [0, 0.05) is 6.42 Å². The van der Waals surface area contributed by atoms with Crippen LogP contribution >= 0.6 is 0 Å². The van der Waals surface area contributed by atoms with Crippen molar-refractivity contribution >= 4 is 13.5 Å². The van der Waals surface area contributed by atoms with Gasteiger partial charge in [0.1, 0.15) is 13.5 Å². The molecule has 0 spiro atoms. The van der Waals surface area contributed by atoms with Gasteiger partial charge in [-0.1, -0.05) is 82.6 Å². The lowest BCUT2D eigenvalue weighted by Crippen LogP contribution is -2.35. The van der Waals surface area contributed by atoms with E-state index in [0.717, 1.165) is 12.8 Å². The fraction of sp³-hybridized carbons (Fsp3) is 0.632. The molecule has 0 aromatic heterocycles. The summed E-state index contributed by atoms with van der Waals surface area (Å²) in [6, 6.07) is 10.6. The predicted molar refractivity (Wildman–Crippen MR) is 95.4 cm³/mol. The van der Waals surface area contributed by atoms with Crippen molar-refractivity contribution < 1.29 is 4.79 Å². The Morgan fingerprint density at radius 3 is 2.29 bits per heavy atom. The molecule has 0 radical (unpaired) electrons. The summed E-state index contributed by atoms with van der Waals surface area (Å²) in [5.41, 5.74) is 1.38. The number of unbranched alkanes of at least 4 members (excludes halogenated alkanes) is 3. The van der Waals surface area contributed by atoms with Crippen LogP contribution in [0.3, 0.4) is 0 Å². The molecule has 0 amide bonds. The van der Waals surface area contributed by atoms with Crippen molar-refractivity contribution in [3.05, 3.63) is 35.9 Å². The molecule has 0 aliphatic rings. The first-order chi connectivity index (χ1) is 9.93. The van der Waals surface area contributed by atoms with Crippen LogP contribution < -0.4 is 0 Å². The average molecular weight is 305 g/mol. The van der Waals surface area contributed by atoms with Crippen LogP contribution in [0.5, 0.6) is 0 Å². The monoisotopic (exact) mass is 304 g/mol. The predicted octanol–water partition coefficient (Wildman–Crippen LogP) is 5.65. The number of benzene rings is 1. The van der Waals surface area contributed by atoms with E-state index in [1.807, 2.05) is 0 Å². The van der Waals surface area contributed by atoms with Gasteiger partial charge >= 0.3 is 0 Å². The molecule has 0 saturated heterocycles. The molecule has 0 aliphatic carbocycles. The molecule has 0 N–H and O–H groups in total. The maximum Gasteiger partial charge on any atom is 0.123 e. The first-order valence-corrected chi connectivity index (χ1v) is 12.0. The smallest absolute Gasteiger partial charge is 0.123 e. The maximum atomic E-state index is 12.4. The lowest BCUT2D eigenvalue weighted by molar-refractivity contribution is -0.113. The van der Waals surface area contributed by atoms with Gasteiger partial charge in [-0.05, 0) is 24.3 Å². The average Bonchev–Trinajstić information content (AvgIpc) is 2.43. The molecular weight excluding hydrogens is 272 g/mol. The fourth-order valence-electron chi connectivity index (χ4n) is 2.65. The van der Waals surface area contributed by atoms with Crippen molar-refractivity contribution in [2.45, 2.75) is 71.5 Å². The SMILES string of the molecule is CCCCCCC(CC(=O)[Si](C)(C)C)Cc1ccccc1. The van der Waals surface area contributed by atoms with Crippen LogP contribution in [0.15, 0.2) is 30.3 Å². The molecule has 1 unspecified atom stereocenters. The van der Waals surface area contributed by atoms with Crippen molar-refractivity contribution in [2.24, 2.45) is 5.92 Å². The molecule has 0 aliphatic heterocycles. The van der Waals surface area contributed by atoms with Crippen LogP contribution in [0.25, 0.3) is 0 Å². The molecule has 2 heteroatoms. The van der Waals surface area contributed by atoms with Gasteiger partial charge in [0.05, 0.1) is 0 Å². The van der Waals surface area contributed by atoms with Crippen molar-refractivity contribution in [2.75, 3.05) is 0 Å². The summed E-state index contributed by atoms with van der Waals surface area (Å²) in [4.78, 5) is 12.4. The minimum absolute atomic E-state index is 0.531. The van der Waals surface area contributed by atoms with Crippen LogP contribution in [-0.4, -0.2) is 13.5 Å². The van der Waals surface area contributed by atoms with Crippen molar-refractivity contribution in [1.82, 2.24) is 0 Å². The quantitative estimate of drug-likeness (QED) is 0.403. The van der Waals surface area contributed by atoms with Gasteiger partial charge in [0.15, 0.2) is 0 Å². The Labute approximate surface area is 132 Å². The number of hydrogen-bond acceptors (Lipinski definition) is 1. The van der Waals surface area contributed by atoms with Gasteiger partial charge in [0.2, 0.25) is 0 Å². The van der Waals surface area contributed by atoms with Crippen LogP contribution in [-0.2, 0) is 11.2 Å². The molecule has 0 saturated carbocycles. The summed E-state index contributed by atoms with van der Waals surface area (Å²) in [7, 11) is -1.63. The third-order valence-corrected chi connectivity index (χ3v) is 6.02. The Morgan fingerprint density at radius 2 is 1.71 bits per heavy atom. The zero-order chi connectivity index (χ0) is 15.7. The molecule has 0 heterocycles. The first-order valence-electron chi connectivity index (χ1n) is 8.50. The van der Waals surface area contributed by atoms with Crippen molar-refractivity contribution in [3.8, 4) is 0 Å².